The molecule has 2 rings (SSSR count). The van der Waals surface area contributed by atoms with Crippen LogP contribution in [0.25, 0.3) is 5.69 Å². The Morgan fingerprint density at radius 3 is 2.90 bits per heavy atom. The number of nitro benzene ring substituents is 1. The van der Waals surface area contributed by atoms with Crippen LogP contribution >= 0.6 is 0 Å². The van der Waals surface area contributed by atoms with E-state index in [9.17, 15) is 14.9 Å². The fourth-order valence-electron chi connectivity index (χ4n) is 1.62. The molecule has 0 spiro atoms. The number of methoxy groups -OCH3 is 1. The maximum atomic E-state index is 10.7. The summed E-state index contributed by atoms with van der Waals surface area (Å²) in [5, 5.41) is 26.8. The Labute approximate surface area is 112 Å². The molecule has 0 aliphatic heterocycles. The van der Waals surface area contributed by atoms with Crippen LogP contribution in [0.2, 0.25) is 0 Å². The Bertz CT molecular complexity index is 667. The number of hydrogen-bond donors (Lipinski definition) is 1. The number of rotatable bonds is 5. The van der Waals surface area contributed by atoms with E-state index in [1.807, 2.05) is 0 Å². The number of carboxylic acid groups (broad SMARTS) is 1. The lowest BCUT2D eigenvalue weighted by Crippen LogP contribution is -2.00. The molecule has 0 unspecified atom stereocenters. The average Bonchev–Trinajstić information content (AvgIpc) is 2.85. The first kappa shape index (κ1) is 13.5. The van der Waals surface area contributed by atoms with Gasteiger partial charge in [0.25, 0.3) is 5.69 Å². The highest BCUT2D eigenvalue weighted by Gasteiger charge is 2.14. The molecule has 1 aromatic heterocycles. The quantitative estimate of drug-likeness (QED) is 0.634. The van der Waals surface area contributed by atoms with E-state index in [1.54, 1.807) is 0 Å². The molecule has 104 valence electrons. The van der Waals surface area contributed by atoms with E-state index in [0.29, 0.717) is 5.69 Å². The number of nitrogens with zero attached hydrogens (tertiary/aromatic N) is 4. The van der Waals surface area contributed by atoms with Crippen LogP contribution in [0.4, 0.5) is 5.69 Å². The van der Waals surface area contributed by atoms with Gasteiger partial charge in [-0.05, 0) is 6.07 Å². The number of aromatic nitrogens is 3. The van der Waals surface area contributed by atoms with Gasteiger partial charge in [0.05, 0.1) is 36.4 Å². The zero-order valence-electron chi connectivity index (χ0n) is 10.4. The zero-order valence-corrected chi connectivity index (χ0v) is 10.4. The number of carbonyl (C=O) groups is 1. The molecular formula is C11H10N4O5. The molecule has 0 aliphatic rings. The van der Waals surface area contributed by atoms with Crippen molar-refractivity contribution in [3.05, 3.63) is 40.2 Å². The number of nitro groups is 1. The summed E-state index contributed by atoms with van der Waals surface area (Å²) in [6.07, 6.45) is 1.17. The van der Waals surface area contributed by atoms with Gasteiger partial charge in [-0.15, -0.1) is 5.10 Å². The van der Waals surface area contributed by atoms with Crippen molar-refractivity contribution in [2.24, 2.45) is 0 Å². The van der Waals surface area contributed by atoms with Gasteiger partial charge in [0, 0.05) is 6.07 Å². The fourth-order valence-corrected chi connectivity index (χ4v) is 1.62. The topological polar surface area (TPSA) is 120 Å². The number of aliphatic carboxylic acids is 1. The van der Waals surface area contributed by atoms with Crippen molar-refractivity contribution in [1.29, 1.82) is 0 Å². The minimum atomic E-state index is -1.02. The number of ether oxygens (including phenoxy) is 1. The largest absolute Gasteiger partial charge is 0.494 e. The Kier molecular flexibility index (Phi) is 3.60. The molecule has 20 heavy (non-hydrogen) atoms. The SMILES string of the molecule is COc1cc([N+](=O)[O-])ccc1-n1cc(CC(=O)O)nn1. The van der Waals surface area contributed by atoms with Crippen molar-refractivity contribution in [1.82, 2.24) is 15.0 Å². The minimum absolute atomic E-state index is 0.114. The molecule has 9 heteroatoms. The monoisotopic (exact) mass is 278 g/mol. The van der Waals surface area contributed by atoms with Crippen LogP contribution in [0.15, 0.2) is 24.4 Å². The number of carboxylic acids is 1. The molecule has 0 saturated carbocycles. The van der Waals surface area contributed by atoms with Crippen molar-refractivity contribution >= 4 is 11.7 Å². The van der Waals surface area contributed by atoms with Gasteiger partial charge in [0.2, 0.25) is 0 Å². The molecule has 1 aromatic carbocycles. The third-order valence-corrected chi connectivity index (χ3v) is 2.49. The van der Waals surface area contributed by atoms with Gasteiger partial charge in [-0.25, -0.2) is 4.68 Å². The van der Waals surface area contributed by atoms with E-state index in [-0.39, 0.29) is 23.6 Å². The summed E-state index contributed by atoms with van der Waals surface area (Å²) >= 11 is 0. The van der Waals surface area contributed by atoms with Crippen LogP contribution < -0.4 is 4.74 Å². The standard InChI is InChI=1S/C11H10N4O5/c1-20-10-5-8(15(18)19)2-3-9(10)14-6-7(12-13-14)4-11(16)17/h2-3,5-6H,4H2,1H3,(H,16,17). The summed E-state index contributed by atoms with van der Waals surface area (Å²) < 4.78 is 6.38. The predicted molar refractivity (Wildman–Crippen MR) is 65.9 cm³/mol. The molecule has 0 fully saturated rings. The Morgan fingerprint density at radius 1 is 1.55 bits per heavy atom. The second-order valence-corrected chi connectivity index (χ2v) is 3.84. The van der Waals surface area contributed by atoms with Crippen LogP contribution in [0.3, 0.4) is 0 Å². The van der Waals surface area contributed by atoms with Gasteiger partial charge >= 0.3 is 5.97 Å². The Balaban J connectivity index is 2.39. The second-order valence-electron chi connectivity index (χ2n) is 3.84. The molecule has 0 saturated heterocycles. The van der Waals surface area contributed by atoms with E-state index in [2.05, 4.69) is 10.3 Å². The van der Waals surface area contributed by atoms with Crippen LogP contribution in [0, 0.1) is 10.1 Å². The number of non-ortho nitro benzene ring substituents is 1. The number of benzene rings is 1. The summed E-state index contributed by atoms with van der Waals surface area (Å²) in [6.45, 7) is 0. The van der Waals surface area contributed by atoms with Gasteiger partial charge < -0.3 is 9.84 Å². The molecule has 0 amide bonds. The van der Waals surface area contributed by atoms with E-state index in [0.717, 1.165) is 0 Å². The lowest BCUT2D eigenvalue weighted by Gasteiger charge is -2.06. The first-order valence-electron chi connectivity index (χ1n) is 5.47. The van der Waals surface area contributed by atoms with Crippen molar-refractivity contribution in [3.63, 3.8) is 0 Å². The van der Waals surface area contributed by atoms with E-state index in [4.69, 9.17) is 9.84 Å². The van der Waals surface area contributed by atoms with E-state index in [1.165, 1.54) is 36.2 Å². The van der Waals surface area contributed by atoms with Gasteiger partial charge in [-0.1, -0.05) is 5.21 Å². The average molecular weight is 278 g/mol. The molecule has 0 atom stereocenters. The van der Waals surface area contributed by atoms with Gasteiger partial charge in [-0.2, -0.15) is 0 Å². The molecule has 1 heterocycles. The highest BCUT2D eigenvalue weighted by atomic mass is 16.6. The molecule has 2 aromatic rings. The van der Waals surface area contributed by atoms with Crippen molar-refractivity contribution in [2.75, 3.05) is 7.11 Å². The maximum Gasteiger partial charge on any atom is 0.309 e. The predicted octanol–water partition coefficient (Wildman–Crippen LogP) is 0.811. The molecular weight excluding hydrogens is 268 g/mol. The lowest BCUT2D eigenvalue weighted by atomic mass is 10.2. The summed E-state index contributed by atoms with van der Waals surface area (Å²) in [6, 6.07) is 4.01. The molecule has 1 N–H and O–H groups in total. The molecule has 0 bridgehead atoms. The normalized spacial score (nSPS) is 10.2. The maximum absolute atomic E-state index is 10.7. The summed E-state index contributed by atoms with van der Waals surface area (Å²) in [4.78, 5) is 20.7. The second kappa shape index (κ2) is 5.34. The Hall–Kier alpha value is -2.97. The highest BCUT2D eigenvalue weighted by molar-refractivity contribution is 5.69. The molecule has 0 radical (unpaired) electrons. The smallest absolute Gasteiger partial charge is 0.309 e. The summed E-state index contributed by atoms with van der Waals surface area (Å²) in [5.41, 5.74) is 0.594. The van der Waals surface area contributed by atoms with Crippen LogP contribution in [0.5, 0.6) is 5.75 Å². The summed E-state index contributed by atoms with van der Waals surface area (Å²) in [5.74, 6) is -0.779. The number of hydrogen-bond acceptors (Lipinski definition) is 6. The lowest BCUT2D eigenvalue weighted by molar-refractivity contribution is -0.384. The van der Waals surface area contributed by atoms with Gasteiger partial charge in [-0.3, -0.25) is 14.9 Å². The van der Waals surface area contributed by atoms with E-state index < -0.39 is 10.9 Å². The zero-order chi connectivity index (χ0) is 14.7. The highest BCUT2D eigenvalue weighted by Crippen LogP contribution is 2.27. The Morgan fingerprint density at radius 2 is 2.30 bits per heavy atom. The van der Waals surface area contributed by atoms with Crippen LogP contribution in [-0.4, -0.2) is 38.1 Å². The fraction of sp³-hybridized carbons (Fsp3) is 0.182. The molecule has 0 aliphatic carbocycles. The van der Waals surface area contributed by atoms with Crippen molar-refractivity contribution in [2.45, 2.75) is 6.42 Å². The molecule has 9 nitrogen and oxygen atoms in total. The third kappa shape index (κ3) is 2.71. The van der Waals surface area contributed by atoms with Crippen LogP contribution in [-0.2, 0) is 11.2 Å². The minimum Gasteiger partial charge on any atom is -0.494 e. The van der Waals surface area contributed by atoms with Gasteiger partial charge in [0.15, 0.2) is 5.75 Å². The van der Waals surface area contributed by atoms with E-state index >= 15 is 0 Å². The third-order valence-electron chi connectivity index (χ3n) is 2.49. The van der Waals surface area contributed by atoms with Gasteiger partial charge in [0.1, 0.15) is 5.69 Å². The van der Waals surface area contributed by atoms with Crippen molar-refractivity contribution in [3.8, 4) is 11.4 Å². The summed E-state index contributed by atoms with van der Waals surface area (Å²) in [7, 11) is 1.37. The van der Waals surface area contributed by atoms with Crippen molar-refractivity contribution < 1.29 is 19.6 Å². The van der Waals surface area contributed by atoms with Crippen LogP contribution in [0.1, 0.15) is 5.69 Å². The first-order chi connectivity index (χ1) is 9.51. The first-order valence-corrected chi connectivity index (χ1v) is 5.47.